The molecule has 0 amide bonds. The van der Waals surface area contributed by atoms with E-state index < -0.39 is 0 Å². The summed E-state index contributed by atoms with van der Waals surface area (Å²) in [6, 6.07) is 16.4. The van der Waals surface area contributed by atoms with Crippen LogP contribution in [0.2, 0.25) is 0 Å². The van der Waals surface area contributed by atoms with Gasteiger partial charge in [0.15, 0.2) is 0 Å². The molecule has 4 nitrogen and oxygen atoms in total. The lowest BCUT2D eigenvalue weighted by atomic mass is 10.2. The van der Waals surface area contributed by atoms with Crippen LogP contribution in [0.15, 0.2) is 68.5 Å². The van der Waals surface area contributed by atoms with Crippen molar-refractivity contribution in [3.63, 3.8) is 0 Å². The van der Waals surface area contributed by atoms with Crippen LogP contribution in [0.1, 0.15) is 5.56 Å². The Kier molecular flexibility index (Phi) is 7.18. The highest BCUT2D eigenvalue weighted by molar-refractivity contribution is 14.1. The first-order valence-electron chi connectivity index (χ1n) is 7.94. The second kappa shape index (κ2) is 9.59. The van der Waals surface area contributed by atoms with E-state index in [1.54, 1.807) is 18.4 Å². The van der Waals surface area contributed by atoms with Crippen LogP contribution in [-0.4, -0.2) is 31.2 Å². The number of ether oxygens (including phenoxy) is 1. The third-order valence-electron chi connectivity index (χ3n) is 3.57. The van der Waals surface area contributed by atoms with Crippen molar-refractivity contribution in [2.24, 2.45) is 10.1 Å². The molecule has 0 aliphatic heterocycles. The number of aromatic nitrogens is 1. The van der Waals surface area contributed by atoms with Gasteiger partial charge in [0.25, 0.3) is 0 Å². The summed E-state index contributed by atoms with van der Waals surface area (Å²) >= 11 is 7.44. The fourth-order valence-corrected chi connectivity index (χ4v) is 4.09. The second-order valence-corrected chi connectivity index (χ2v) is 8.28. The van der Waals surface area contributed by atoms with E-state index in [0.29, 0.717) is 13.2 Å². The van der Waals surface area contributed by atoms with Gasteiger partial charge in [-0.2, -0.15) is 5.10 Å². The fraction of sp³-hybridized carbons (Fsp3) is 0.158. The smallest absolute Gasteiger partial charge is 0.206 e. The van der Waals surface area contributed by atoms with Crippen LogP contribution in [0, 0.1) is 3.57 Å². The zero-order chi connectivity index (χ0) is 18.4. The van der Waals surface area contributed by atoms with Crippen LogP contribution in [-0.2, 0) is 4.74 Å². The summed E-state index contributed by atoms with van der Waals surface area (Å²) in [7, 11) is 1.68. The lowest BCUT2D eigenvalue weighted by molar-refractivity contribution is 0.207. The lowest BCUT2D eigenvalue weighted by Crippen LogP contribution is -2.13. The number of halogens is 2. The van der Waals surface area contributed by atoms with Gasteiger partial charge in [-0.1, -0.05) is 46.3 Å². The van der Waals surface area contributed by atoms with Crippen LogP contribution >= 0.6 is 49.9 Å². The number of nitrogens with zero attached hydrogens (tertiary/aromatic N) is 3. The molecular formula is C19H17BrIN3OS. The van der Waals surface area contributed by atoms with Crippen molar-refractivity contribution in [3.05, 3.63) is 72.3 Å². The Morgan fingerprint density at radius 2 is 2.08 bits per heavy atom. The van der Waals surface area contributed by atoms with Crippen molar-refractivity contribution in [2.45, 2.75) is 0 Å². The van der Waals surface area contributed by atoms with Gasteiger partial charge < -0.3 is 4.74 Å². The van der Waals surface area contributed by atoms with Gasteiger partial charge in [-0.05, 0) is 40.8 Å². The summed E-state index contributed by atoms with van der Waals surface area (Å²) in [5.74, 6) is 0. The van der Waals surface area contributed by atoms with E-state index in [1.165, 1.54) is 0 Å². The van der Waals surface area contributed by atoms with E-state index in [9.17, 15) is 0 Å². The molecule has 7 heteroatoms. The van der Waals surface area contributed by atoms with E-state index in [2.05, 4.69) is 73.2 Å². The molecule has 1 heterocycles. The summed E-state index contributed by atoms with van der Waals surface area (Å²) in [5, 5.41) is 6.81. The monoisotopic (exact) mass is 541 g/mol. The molecule has 0 spiro atoms. The van der Waals surface area contributed by atoms with Crippen LogP contribution in [0.3, 0.4) is 0 Å². The quantitative estimate of drug-likeness (QED) is 0.245. The number of rotatable bonds is 6. The average Bonchev–Trinajstić information content (AvgIpc) is 3.04. The third-order valence-corrected chi connectivity index (χ3v) is 5.90. The predicted octanol–water partition coefficient (Wildman–Crippen LogP) is 5.01. The van der Waals surface area contributed by atoms with Crippen LogP contribution in [0.5, 0.6) is 0 Å². The molecule has 0 radical (unpaired) electrons. The van der Waals surface area contributed by atoms with Gasteiger partial charge in [-0.25, -0.2) is 4.68 Å². The van der Waals surface area contributed by atoms with Gasteiger partial charge in [-0.3, -0.25) is 4.99 Å². The van der Waals surface area contributed by atoms with E-state index in [4.69, 9.17) is 9.84 Å². The molecule has 3 aromatic rings. The van der Waals surface area contributed by atoms with E-state index in [0.717, 1.165) is 29.7 Å². The molecule has 26 heavy (non-hydrogen) atoms. The van der Waals surface area contributed by atoms with Gasteiger partial charge >= 0.3 is 0 Å². The SMILES string of the molecule is COCCN=c1scc(-c2cccc(Br)c2)n1/N=C\c1ccccc1I. The van der Waals surface area contributed by atoms with Gasteiger partial charge in [0.2, 0.25) is 4.80 Å². The van der Waals surface area contributed by atoms with Gasteiger partial charge in [0, 0.05) is 31.7 Å². The topological polar surface area (TPSA) is 38.9 Å². The normalized spacial score (nSPS) is 12.2. The van der Waals surface area contributed by atoms with E-state index in [1.807, 2.05) is 35.2 Å². The van der Waals surface area contributed by atoms with Gasteiger partial charge in [0.05, 0.1) is 25.1 Å². The molecule has 0 N–H and O–H groups in total. The molecule has 0 unspecified atom stereocenters. The molecule has 0 atom stereocenters. The number of thiazole rings is 1. The molecule has 0 saturated heterocycles. The number of benzene rings is 2. The highest BCUT2D eigenvalue weighted by atomic mass is 127. The van der Waals surface area contributed by atoms with Crippen molar-refractivity contribution in [2.75, 3.05) is 20.3 Å². The summed E-state index contributed by atoms with van der Waals surface area (Å²) in [6.45, 7) is 1.19. The minimum atomic E-state index is 0.588. The Morgan fingerprint density at radius 1 is 1.23 bits per heavy atom. The maximum absolute atomic E-state index is 5.11. The fourth-order valence-electron chi connectivity index (χ4n) is 2.30. The first-order valence-corrected chi connectivity index (χ1v) is 10.7. The molecular weight excluding hydrogens is 525 g/mol. The molecule has 0 aliphatic carbocycles. The number of hydrogen-bond acceptors (Lipinski definition) is 4. The Labute approximate surface area is 178 Å². The first kappa shape index (κ1) is 19.5. The highest BCUT2D eigenvalue weighted by Gasteiger charge is 2.08. The highest BCUT2D eigenvalue weighted by Crippen LogP contribution is 2.23. The number of methoxy groups -OCH3 is 1. The maximum Gasteiger partial charge on any atom is 0.206 e. The molecule has 0 aliphatic rings. The second-order valence-electron chi connectivity index (χ2n) is 5.37. The van der Waals surface area contributed by atoms with Crippen molar-refractivity contribution in [3.8, 4) is 11.3 Å². The summed E-state index contributed by atoms with van der Waals surface area (Å²) in [4.78, 5) is 5.47. The molecule has 0 saturated carbocycles. The molecule has 0 bridgehead atoms. The van der Waals surface area contributed by atoms with Crippen molar-refractivity contribution in [1.82, 2.24) is 4.68 Å². The Hall–Kier alpha value is -1.29. The predicted molar refractivity (Wildman–Crippen MR) is 120 cm³/mol. The minimum absolute atomic E-state index is 0.588. The first-order chi connectivity index (χ1) is 12.7. The van der Waals surface area contributed by atoms with Crippen LogP contribution in [0.4, 0.5) is 0 Å². The summed E-state index contributed by atoms with van der Waals surface area (Å²) < 4.78 is 9.20. The van der Waals surface area contributed by atoms with Crippen LogP contribution in [0.25, 0.3) is 11.3 Å². The molecule has 2 aromatic carbocycles. The molecule has 0 fully saturated rings. The van der Waals surface area contributed by atoms with E-state index in [-0.39, 0.29) is 0 Å². The molecule has 134 valence electrons. The maximum atomic E-state index is 5.11. The minimum Gasteiger partial charge on any atom is -0.383 e. The van der Waals surface area contributed by atoms with E-state index >= 15 is 0 Å². The van der Waals surface area contributed by atoms with Crippen molar-refractivity contribution >= 4 is 56.1 Å². The zero-order valence-corrected chi connectivity index (χ0v) is 18.7. The molecule has 3 rings (SSSR count). The lowest BCUT2D eigenvalue weighted by Gasteiger charge is -2.05. The van der Waals surface area contributed by atoms with Gasteiger partial charge in [-0.15, -0.1) is 11.3 Å². The third kappa shape index (κ3) is 4.91. The summed E-state index contributed by atoms with van der Waals surface area (Å²) in [5.41, 5.74) is 3.17. The van der Waals surface area contributed by atoms with Crippen molar-refractivity contribution in [1.29, 1.82) is 0 Å². The Balaban J connectivity index is 2.06. The Morgan fingerprint density at radius 3 is 2.85 bits per heavy atom. The largest absolute Gasteiger partial charge is 0.383 e. The van der Waals surface area contributed by atoms with Gasteiger partial charge in [0.1, 0.15) is 0 Å². The zero-order valence-electron chi connectivity index (χ0n) is 14.1. The summed E-state index contributed by atoms with van der Waals surface area (Å²) in [6.07, 6.45) is 1.88. The Bertz CT molecular complexity index is 981. The van der Waals surface area contributed by atoms with Crippen LogP contribution < -0.4 is 4.80 Å². The standard InChI is InChI=1S/C19H17BrIN3OS/c1-25-10-9-22-19-24(23-12-15-5-2-3-8-17(15)21)18(13-26-19)14-6-4-7-16(20)11-14/h2-8,11-13H,9-10H2,1H3/b22-19?,23-12-. The average molecular weight is 542 g/mol. The number of hydrogen-bond donors (Lipinski definition) is 0. The van der Waals surface area contributed by atoms with Crippen molar-refractivity contribution < 1.29 is 4.74 Å². The molecule has 1 aromatic heterocycles.